The molecule has 1 amide bonds. The zero-order chi connectivity index (χ0) is 20.9. The van der Waals surface area contributed by atoms with Gasteiger partial charge < -0.3 is 30.8 Å². The van der Waals surface area contributed by atoms with Gasteiger partial charge in [0.2, 0.25) is 0 Å². The maximum absolute atomic E-state index is 12.1. The average Bonchev–Trinajstić information content (AvgIpc) is 2.61. The van der Waals surface area contributed by atoms with Crippen LogP contribution in [0.2, 0.25) is 0 Å². The number of anilines is 1. The minimum absolute atomic E-state index is 0.264. The van der Waals surface area contributed by atoms with Crippen molar-refractivity contribution < 1.29 is 14.3 Å². The van der Waals surface area contributed by atoms with Gasteiger partial charge in [0.15, 0.2) is 11.6 Å². The molecule has 0 bridgehead atoms. The number of nitrogens with two attached hydrogens (primary N) is 3. The molecule has 1 fully saturated rings. The number of ether oxygens (including phenoxy) is 2. The van der Waals surface area contributed by atoms with Crippen LogP contribution in [-0.4, -0.2) is 53.3 Å². The molecule has 28 heavy (non-hydrogen) atoms. The molecule has 0 saturated carbocycles. The second-order valence-electron chi connectivity index (χ2n) is 7.99. The summed E-state index contributed by atoms with van der Waals surface area (Å²) in [7, 11) is 1.69. The van der Waals surface area contributed by atoms with E-state index < -0.39 is 5.60 Å². The van der Waals surface area contributed by atoms with Crippen LogP contribution in [-0.2, 0) is 4.74 Å². The van der Waals surface area contributed by atoms with Crippen LogP contribution in [0.1, 0.15) is 39.2 Å². The lowest BCUT2D eigenvalue weighted by Crippen LogP contribution is -2.42. The third-order valence-electron chi connectivity index (χ3n) is 4.46. The van der Waals surface area contributed by atoms with Gasteiger partial charge in [-0.2, -0.15) is 0 Å². The fourth-order valence-electron chi connectivity index (χ4n) is 2.94. The number of nitrogens with zero attached hydrogens (tertiary/aromatic N) is 3. The average molecular weight is 393 g/mol. The summed E-state index contributed by atoms with van der Waals surface area (Å²) in [6.07, 6.45) is 4.42. The summed E-state index contributed by atoms with van der Waals surface area (Å²) < 4.78 is 11.3. The van der Waals surface area contributed by atoms with Crippen LogP contribution in [0.25, 0.3) is 5.70 Å². The standard InChI is InChI=1S/C19H32N6O3/c1-19(2,3)28-18(26)25-7-5-13(6-8-25)12-27-16-9-14(11-23-17(16)21)15(10-20)24(4)22/h9-11,13H,5-8,12,20,22H2,1-4H3,(H2,21,23)/b15-10-. The number of aromatic nitrogens is 1. The maximum Gasteiger partial charge on any atom is 0.410 e. The van der Waals surface area contributed by atoms with Crippen LogP contribution in [0.3, 0.4) is 0 Å². The molecule has 1 aliphatic heterocycles. The molecule has 9 heteroatoms. The van der Waals surface area contributed by atoms with Gasteiger partial charge in [-0.15, -0.1) is 0 Å². The molecule has 156 valence electrons. The summed E-state index contributed by atoms with van der Waals surface area (Å²) >= 11 is 0. The van der Waals surface area contributed by atoms with Gasteiger partial charge in [0.25, 0.3) is 0 Å². The minimum Gasteiger partial charge on any atom is -0.489 e. The Morgan fingerprint density at radius 3 is 2.57 bits per heavy atom. The molecule has 1 aliphatic rings. The summed E-state index contributed by atoms with van der Waals surface area (Å²) in [5, 5.41) is 1.41. The van der Waals surface area contributed by atoms with Gasteiger partial charge in [-0.3, -0.25) is 0 Å². The topological polar surface area (TPSA) is 133 Å². The van der Waals surface area contributed by atoms with Crippen molar-refractivity contribution in [2.75, 3.05) is 32.5 Å². The van der Waals surface area contributed by atoms with E-state index in [1.807, 2.05) is 20.8 Å². The highest BCUT2D eigenvalue weighted by Crippen LogP contribution is 2.26. The van der Waals surface area contributed by atoms with Crippen molar-refractivity contribution in [3.8, 4) is 5.75 Å². The van der Waals surface area contributed by atoms with Crippen LogP contribution in [0.4, 0.5) is 10.6 Å². The van der Waals surface area contributed by atoms with Crippen molar-refractivity contribution in [3.63, 3.8) is 0 Å². The molecule has 0 unspecified atom stereocenters. The number of carbonyl (C=O) groups is 1. The monoisotopic (exact) mass is 392 g/mol. The fourth-order valence-corrected chi connectivity index (χ4v) is 2.94. The predicted octanol–water partition coefficient (Wildman–Crippen LogP) is 1.75. The van der Waals surface area contributed by atoms with Crippen LogP contribution in [0, 0.1) is 5.92 Å². The molecular weight excluding hydrogens is 360 g/mol. The van der Waals surface area contributed by atoms with Crippen LogP contribution < -0.4 is 22.0 Å². The van der Waals surface area contributed by atoms with E-state index in [0.717, 1.165) is 18.4 Å². The molecule has 2 heterocycles. The molecular formula is C19H32N6O3. The Balaban J connectivity index is 1.91. The van der Waals surface area contributed by atoms with Gasteiger partial charge in [-0.1, -0.05) is 0 Å². The molecule has 0 atom stereocenters. The zero-order valence-corrected chi connectivity index (χ0v) is 17.1. The van der Waals surface area contributed by atoms with Crippen LogP contribution in [0.15, 0.2) is 18.5 Å². The minimum atomic E-state index is -0.485. The lowest BCUT2D eigenvalue weighted by Gasteiger charge is -2.33. The first-order chi connectivity index (χ1) is 13.1. The van der Waals surface area contributed by atoms with E-state index in [-0.39, 0.29) is 6.09 Å². The molecule has 9 nitrogen and oxygen atoms in total. The Labute approximate surface area is 166 Å². The van der Waals surface area contributed by atoms with Crippen molar-refractivity contribution in [1.82, 2.24) is 14.9 Å². The number of amides is 1. The molecule has 1 aromatic heterocycles. The highest BCUT2D eigenvalue weighted by molar-refractivity contribution is 5.68. The van der Waals surface area contributed by atoms with Crippen molar-refractivity contribution in [2.24, 2.45) is 17.5 Å². The Morgan fingerprint density at radius 2 is 2.04 bits per heavy atom. The van der Waals surface area contributed by atoms with E-state index in [1.54, 1.807) is 24.2 Å². The highest BCUT2D eigenvalue weighted by Gasteiger charge is 2.27. The van der Waals surface area contributed by atoms with Crippen molar-refractivity contribution in [1.29, 1.82) is 0 Å². The quantitative estimate of drug-likeness (QED) is 0.510. The number of piperidine rings is 1. The van der Waals surface area contributed by atoms with Gasteiger partial charge in [0.1, 0.15) is 5.60 Å². The summed E-state index contributed by atoms with van der Waals surface area (Å²) in [6.45, 7) is 7.39. The van der Waals surface area contributed by atoms with Gasteiger partial charge in [0.05, 0.1) is 12.3 Å². The van der Waals surface area contributed by atoms with Crippen molar-refractivity contribution >= 4 is 17.6 Å². The molecule has 0 aromatic carbocycles. The Morgan fingerprint density at radius 1 is 1.39 bits per heavy atom. The fraction of sp³-hybridized carbons (Fsp3) is 0.579. The lowest BCUT2D eigenvalue weighted by atomic mass is 9.98. The molecule has 0 aliphatic carbocycles. The third kappa shape index (κ3) is 5.91. The SMILES string of the molecule is CN(N)/C(=C\N)c1cnc(N)c(OCC2CCN(C(=O)OC(C)(C)C)CC2)c1. The summed E-state index contributed by atoms with van der Waals surface area (Å²) in [4.78, 5) is 18.1. The molecule has 0 spiro atoms. The van der Waals surface area contributed by atoms with Gasteiger partial charge >= 0.3 is 6.09 Å². The molecule has 1 saturated heterocycles. The first kappa shape index (κ1) is 21.6. The summed E-state index contributed by atoms with van der Waals surface area (Å²) in [6, 6.07) is 1.78. The van der Waals surface area contributed by atoms with Crippen molar-refractivity contribution in [3.05, 3.63) is 24.0 Å². The highest BCUT2D eigenvalue weighted by atomic mass is 16.6. The number of nitrogen functional groups attached to an aromatic ring is 1. The Hall–Kier alpha value is -2.68. The smallest absolute Gasteiger partial charge is 0.410 e. The van der Waals surface area contributed by atoms with E-state index in [9.17, 15) is 4.79 Å². The van der Waals surface area contributed by atoms with E-state index in [2.05, 4.69) is 4.98 Å². The lowest BCUT2D eigenvalue weighted by molar-refractivity contribution is 0.0165. The first-order valence-corrected chi connectivity index (χ1v) is 9.37. The number of hydrazine groups is 1. The zero-order valence-electron chi connectivity index (χ0n) is 17.1. The van der Waals surface area contributed by atoms with E-state index >= 15 is 0 Å². The number of likely N-dealkylation sites (tertiary alicyclic amines) is 1. The molecule has 1 aromatic rings. The number of pyridine rings is 1. The molecule has 0 radical (unpaired) electrons. The number of hydrogen-bond acceptors (Lipinski definition) is 8. The first-order valence-electron chi connectivity index (χ1n) is 9.37. The second-order valence-corrected chi connectivity index (χ2v) is 7.99. The largest absolute Gasteiger partial charge is 0.489 e. The molecule has 6 N–H and O–H groups in total. The van der Waals surface area contributed by atoms with Crippen LogP contribution in [0.5, 0.6) is 5.75 Å². The van der Waals surface area contributed by atoms with Crippen molar-refractivity contribution in [2.45, 2.75) is 39.2 Å². The Kier molecular flexibility index (Phi) is 6.95. The molecule has 2 rings (SSSR count). The summed E-state index contributed by atoms with van der Waals surface area (Å²) in [5.74, 6) is 6.90. The van der Waals surface area contributed by atoms with Gasteiger partial charge in [0, 0.05) is 38.1 Å². The van der Waals surface area contributed by atoms with E-state index in [1.165, 1.54) is 11.2 Å². The van der Waals surface area contributed by atoms with Gasteiger partial charge in [-0.25, -0.2) is 15.6 Å². The Bertz CT molecular complexity index is 706. The number of hydrogen-bond donors (Lipinski definition) is 3. The third-order valence-corrected chi connectivity index (χ3v) is 4.46. The summed E-state index contributed by atoms with van der Waals surface area (Å²) in [5.41, 5.74) is 12.4. The van der Waals surface area contributed by atoms with Crippen LogP contribution >= 0.6 is 0 Å². The number of rotatable bonds is 5. The predicted molar refractivity (Wildman–Crippen MR) is 109 cm³/mol. The number of carbonyl (C=O) groups excluding carboxylic acids is 1. The van der Waals surface area contributed by atoms with Gasteiger partial charge in [-0.05, 0) is 45.6 Å². The van der Waals surface area contributed by atoms with E-state index in [0.29, 0.717) is 42.9 Å². The normalized spacial score (nSPS) is 16.0. The maximum atomic E-state index is 12.1. The van der Waals surface area contributed by atoms with E-state index in [4.69, 9.17) is 26.8 Å². The second kappa shape index (κ2) is 9.01.